The third kappa shape index (κ3) is 3.24. The Balaban J connectivity index is 2.87. The third-order valence-corrected chi connectivity index (χ3v) is 2.55. The van der Waals surface area contributed by atoms with Crippen molar-refractivity contribution < 1.29 is 4.79 Å². The van der Waals surface area contributed by atoms with Crippen LogP contribution < -0.4 is 5.32 Å². The van der Waals surface area contributed by atoms with Crippen molar-refractivity contribution in [2.75, 3.05) is 5.32 Å². The molecule has 0 aromatic heterocycles. The molecule has 15 heavy (non-hydrogen) atoms. The number of hydrogen-bond acceptors (Lipinski definition) is 1. The summed E-state index contributed by atoms with van der Waals surface area (Å²) in [5.41, 5.74) is 1.86. The van der Waals surface area contributed by atoms with E-state index in [9.17, 15) is 4.79 Å². The Morgan fingerprint density at radius 1 is 1.47 bits per heavy atom. The summed E-state index contributed by atoms with van der Waals surface area (Å²) in [6.45, 7) is 6.00. The summed E-state index contributed by atoms with van der Waals surface area (Å²) in [4.78, 5) is 11.2. The van der Waals surface area contributed by atoms with Crippen LogP contribution in [0.3, 0.4) is 0 Å². The average Bonchev–Trinajstić information content (AvgIpc) is 2.17. The van der Waals surface area contributed by atoms with E-state index in [2.05, 4.69) is 19.2 Å². The van der Waals surface area contributed by atoms with Crippen molar-refractivity contribution in [3.05, 3.63) is 28.8 Å². The third-order valence-electron chi connectivity index (χ3n) is 2.23. The van der Waals surface area contributed by atoms with Crippen LogP contribution in [0.5, 0.6) is 0 Å². The van der Waals surface area contributed by atoms with Crippen molar-refractivity contribution >= 4 is 23.2 Å². The van der Waals surface area contributed by atoms with Gasteiger partial charge in [-0.2, -0.15) is 0 Å². The molecule has 0 heterocycles. The fourth-order valence-corrected chi connectivity index (χ4v) is 1.72. The van der Waals surface area contributed by atoms with Gasteiger partial charge in [0, 0.05) is 17.1 Å². The average molecular weight is 226 g/mol. The zero-order chi connectivity index (χ0) is 11.4. The molecule has 0 fully saturated rings. The molecule has 0 aliphatic carbocycles. The van der Waals surface area contributed by atoms with E-state index in [-0.39, 0.29) is 5.91 Å². The minimum atomic E-state index is 0.00311. The molecule has 0 radical (unpaired) electrons. The summed E-state index contributed by atoms with van der Waals surface area (Å²) in [5, 5.41) is 3.48. The quantitative estimate of drug-likeness (QED) is 0.833. The van der Waals surface area contributed by atoms with Gasteiger partial charge in [-0.05, 0) is 23.6 Å². The maximum atomic E-state index is 11.2. The Hall–Kier alpha value is -1.02. The predicted molar refractivity (Wildman–Crippen MR) is 64.5 cm³/mol. The highest BCUT2D eigenvalue weighted by Crippen LogP contribution is 2.26. The molecule has 0 unspecified atom stereocenters. The van der Waals surface area contributed by atoms with Gasteiger partial charge in [0.15, 0.2) is 0 Å². The van der Waals surface area contributed by atoms with Gasteiger partial charge in [-0.15, -0.1) is 0 Å². The van der Waals surface area contributed by atoms with Crippen molar-refractivity contribution in [2.24, 2.45) is 0 Å². The molecule has 2 nitrogen and oxygen atoms in total. The monoisotopic (exact) mass is 225 g/mol. The number of hydrogen-bond donors (Lipinski definition) is 1. The second kappa shape index (κ2) is 5.17. The van der Waals surface area contributed by atoms with E-state index in [1.54, 1.807) is 6.07 Å². The highest BCUT2D eigenvalue weighted by atomic mass is 35.5. The lowest BCUT2D eigenvalue weighted by Crippen LogP contribution is -2.09. The van der Waals surface area contributed by atoms with Crippen molar-refractivity contribution in [3.8, 4) is 0 Å². The fraction of sp³-hybridized carbons (Fsp3) is 0.417. The summed E-state index contributed by atoms with van der Waals surface area (Å²) < 4.78 is 0. The zero-order valence-electron chi connectivity index (χ0n) is 9.30. The molecular weight excluding hydrogens is 210 g/mol. The van der Waals surface area contributed by atoms with Crippen molar-refractivity contribution in [1.29, 1.82) is 0 Å². The second-order valence-corrected chi connectivity index (χ2v) is 4.20. The number of amides is 1. The van der Waals surface area contributed by atoms with Crippen LogP contribution in [0.4, 0.5) is 5.69 Å². The Bertz CT molecular complexity index is 361. The largest absolute Gasteiger partial charge is 0.326 e. The van der Waals surface area contributed by atoms with E-state index in [1.807, 2.05) is 19.1 Å². The van der Waals surface area contributed by atoms with Crippen molar-refractivity contribution in [3.63, 3.8) is 0 Å². The first kappa shape index (κ1) is 12.1. The Kier molecular flexibility index (Phi) is 4.15. The van der Waals surface area contributed by atoms with Crippen LogP contribution >= 0.6 is 11.6 Å². The van der Waals surface area contributed by atoms with Crippen LogP contribution in [-0.2, 0) is 4.79 Å². The lowest BCUT2D eigenvalue weighted by atomic mass is 10.0. The first-order valence-electron chi connectivity index (χ1n) is 5.14. The molecule has 0 spiro atoms. The van der Waals surface area contributed by atoms with Gasteiger partial charge in [-0.1, -0.05) is 38.4 Å². The van der Waals surface area contributed by atoms with Crippen LogP contribution in [0.25, 0.3) is 0 Å². The Morgan fingerprint density at radius 2 is 2.13 bits per heavy atom. The van der Waals surface area contributed by atoms with Gasteiger partial charge >= 0.3 is 0 Å². The zero-order valence-corrected chi connectivity index (χ0v) is 10.1. The van der Waals surface area contributed by atoms with Crippen LogP contribution in [0.15, 0.2) is 18.2 Å². The summed E-state index contributed by atoms with van der Waals surface area (Å²) in [6, 6.07) is 5.64. The summed E-state index contributed by atoms with van der Waals surface area (Å²) >= 11 is 6.10. The Labute approximate surface area is 95.6 Å². The molecule has 0 saturated heterocycles. The van der Waals surface area contributed by atoms with E-state index in [0.29, 0.717) is 17.4 Å². The molecule has 0 aliphatic heterocycles. The lowest BCUT2D eigenvalue weighted by molar-refractivity contribution is -0.115. The maximum Gasteiger partial charge on any atom is 0.224 e. The van der Waals surface area contributed by atoms with E-state index in [1.165, 1.54) is 0 Å². The molecule has 1 aromatic carbocycles. The van der Waals surface area contributed by atoms with Gasteiger partial charge in [0.05, 0.1) is 0 Å². The van der Waals surface area contributed by atoms with Crippen molar-refractivity contribution in [1.82, 2.24) is 0 Å². The molecule has 1 rings (SSSR count). The second-order valence-electron chi connectivity index (χ2n) is 3.79. The number of halogens is 1. The molecule has 0 bridgehead atoms. The van der Waals surface area contributed by atoms with E-state index >= 15 is 0 Å². The maximum absolute atomic E-state index is 11.2. The number of carbonyl (C=O) groups excluding carboxylic acids is 1. The van der Waals surface area contributed by atoms with Gasteiger partial charge in [0.25, 0.3) is 0 Å². The Morgan fingerprint density at radius 3 is 2.60 bits per heavy atom. The predicted octanol–water partition coefficient (Wildman–Crippen LogP) is 3.81. The molecular formula is C12H16ClNO. The highest BCUT2D eigenvalue weighted by Gasteiger charge is 2.06. The summed E-state index contributed by atoms with van der Waals surface area (Å²) in [6.07, 6.45) is 0.476. The smallest absolute Gasteiger partial charge is 0.224 e. The van der Waals surface area contributed by atoms with Gasteiger partial charge in [-0.3, -0.25) is 4.79 Å². The van der Waals surface area contributed by atoms with Gasteiger partial charge in [-0.25, -0.2) is 0 Å². The van der Waals surface area contributed by atoms with Crippen LogP contribution in [0, 0.1) is 0 Å². The molecule has 0 saturated carbocycles. The molecule has 0 aliphatic rings. The minimum absolute atomic E-state index is 0.00311. The molecule has 1 amide bonds. The van der Waals surface area contributed by atoms with Gasteiger partial charge in [0.2, 0.25) is 5.91 Å². The summed E-state index contributed by atoms with van der Waals surface area (Å²) in [7, 11) is 0. The lowest BCUT2D eigenvalue weighted by Gasteiger charge is -2.10. The first-order valence-corrected chi connectivity index (χ1v) is 5.51. The molecule has 82 valence electrons. The van der Waals surface area contributed by atoms with E-state index in [4.69, 9.17) is 11.6 Å². The minimum Gasteiger partial charge on any atom is -0.326 e. The van der Waals surface area contributed by atoms with E-state index in [0.717, 1.165) is 11.3 Å². The SMILES string of the molecule is CCC(=O)Nc1ccc(C(C)C)c(Cl)c1. The van der Waals surface area contributed by atoms with Gasteiger partial charge < -0.3 is 5.32 Å². The number of benzene rings is 1. The fourth-order valence-electron chi connectivity index (χ4n) is 1.32. The van der Waals surface area contributed by atoms with Crippen LogP contribution in [-0.4, -0.2) is 5.91 Å². The summed E-state index contributed by atoms with van der Waals surface area (Å²) in [5.74, 6) is 0.400. The molecule has 1 aromatic rings. The van der Waals surface area contributed by atoms with E-state index < -0.39 is 0 Å². The standard InChI is InChI=1S/C12H16ClNO/c1-4-12(15)14-9-5-6-10(8(2)3)11(13)7-9/h5-8H,4H2,1-3H3,(H,14,15). The number of carbonyl (C=O) groups is 1. The number of anilines is 1. The normalized spacial score (nSPS) is 10.5. The van der Waals surface area contributed by atoms with Crippen molar-refractivity contribution in [2.45, 2.75) is 33.1 Å². The first-order chi connectivity index (χ1) is 7.04. The highest BCUT2D eigenvalue weighted by molar-refractivity contribution is 6.31. The van der Waals surface area contributed by atoms with Gasteiger partial charge in [0.1, 0.15) is 0 Å². The molecule has 3 heteroatoms. The molecule has 0 atom stereocenters. The number of nitrogens with one attached hydrogen (secondary N) is 1. The molecule has 1 N–H and O–H groups in total. The number of rotatable bonds is 3. The van der Waals surface area contributed by atoms with Crippen LogP contribution in [0.2, 0.25) is 5.02 Å². The van der Waals surface area contributed by atoms with Crippen LogP contribution in [0.1, 0.15) is 38.7 Å². The topological polar surface area (TPSA) is 29.1 Å².